The molecule has 0 bridgehead atoms. The minimum absolute atomic E-state index is 0.173. The van der Waals surface area contributed by atoms with Crippen molar-refractivity contribution >= 4 is 23.1 Å². The van der Waals surface area contributed by atoms with Crippen LogP contribution in [-0.4, -0.2) is 39.7 Å². The van der Waals surface area contributed by atoms with Crippen molar-refractivity contribution in [1.29, 1.82) is 0 Å². The number of aryl methyl sites for hydroxylation is 1. The van der Waals surface area contributed by atoms with Crippen molar-refractivity contribution in [2.45, 2.75) is 26.4 Å². The largest absolute Gasteiger partial charge is 0.347 e. The summed E-state index contributed by atoms with van der Waals surface area (Å²) in [6.45, 7) is 4.23. The fraction of sp³-hybridized carbons (Fsp3) is 0.222. The molecule has 1 aliphatic heterocycles. The molecule has 0 atom stereocenters. The second kappa shape index (κ2) is 9.11. The highest BCUT2D eigenvalue weighted by molar-refractivity contribution is 6.04. The molecule has 0 saturated carbocycles. The summed E-state index contributed by atoms with van der Waals surface area (Å²) in [5.74, 6) is -0.428. The molecule has 0 fully saturated rings. The van der Waals surface area contributed by atoms with Crippen LogP contribution in [0.4, 0.5) is 5.69 Å². The number of likely N-dealkylation sites (N-methyl/N-ethyl adjacent to an activating group) is 1. The van der Waals surface area contributed by atoms with E-state index in [-0.39, 0.29) is 11.8 Å². The summed E-state index contributed by atoms with van der Waals surface area (Å²) in [6, 6.07) is 17.3. The first-order chi connectivity index (χ1) is 16.4. The zero-order valence-electron chi connectivity index (χ0n) is 19.3. The Balaban J connectivity index is 1.23. The minimum atomic E-state index is -0.254. The molecule has 2 aromatic carbocycles. The van der Waals surface area contributed by atoms with Crippen molar-refractivity contribution in [2.24, 2.45) is 0 Å². The van der Waals surface area contributed by atoms with Gasteiger partial charge in [0.15, 0.2) is 0 Å². The number of pyridine rings is 1. The normalized spacial score (nSPS) is 13.5. The van der Waals surface area contributed by atoms with Gasteiger partial charge in [-0.25, -0.2) is 4.98 Å². The van der Waals surface area contributed by atoms with Crippen molar-refractivity contribution in [2.75, 3.05) is 18.9 Å². The number of nitrogens with zero attached hydrogens (tertiary/aromatic N) is 3. The van der Waals surface area contributed by atoms with Gasteiger partial charge < -0.3 is 19.9 Å². The van der Waals surface area contributed by atoms with E-state index in [1.807, 2.05) is 47.9 Å². The van der Waals surface area contributed by atoms with Crippen LogP contribution in [0.3, 0.4) is 0 Å². The Labute approximate surface area is 198 Å². The Morgan fingerprint density at radius 1 is 1.03 bits per heavy atom. The molecule has 0 saturated heterocycles. The van der Waals surface area contributed by atoms with Gasteiger partial charge in [-0.1, -0.05) is 18.2 Å². The molecule has 7 heteroatoms. The molecule has 1 aliphatic rings. The van der Waals surface area contributed by atoms with E-state index in [0.717, 1.165) is 42.0 Å². The average Bonchev–Trinajstić information content (AvgIpc) is 3.26. The zero-order chi connectivity index (χ0) is 23.7. The predicted molar refractivity (Wildman–Crippen MR) is 132 cm³/mol. The van der Waals surface area contributed by atoms with Gasteiger partial charge in [0.25, 0.3) is 11.8 Å². The SMILES string of the molecule is Cc1ccn2cc(C(=O)NCc3cccc(C(=O)Nc4ccc5c(c4)CN(C)CC5)c3)nc2c1. The maximum Gasteiger partial charge on any atom is 0.271 e. The Hall–Kier alpha value is -3.97. The molecule has 0 radical (unpaired) electrons. The number of carbonyl (C=O) groups is 2. The highest BCUT2D eigenvalue weighted by Gasteiger charge is 2.15. The smallest absolute Gasteiger partial charge is 0.271 e. The van der Waals surface area contributed by atoms with Gasteiger partial charge in [-0.3, -0.25) is 9.59 Å². The van der Waals surface area contributed by atoms with E-state index < -0.39 is 0 Å². The fourth-order valence-corrected chi connectivity index (χ4v) is 4.27. The van der Waals surface area contributed by atoms with E-state index in [2.05, 4.69) is 39.7 Å². The van der Waals surface area contributed by atoms with E-state index >= 15 is 0 Å². The quantitative estimate of drug-likeness (QED) is 0.482. The molecular formula is C27H27N5O2. The van der Waals surface area contributed by atoms with Gasteiger partial charge in [0.05, 0.1) is 0 Å². The third-order valence-corrected chi connectivity index (χ3v) is 6.16. The molecule has 2 aromatic heterocycles. The molecule has 0 aliphatic carbocycles. The number of hydrogen-bond acceptors (Lipinski definition) is 4. The Morgan fingerprint density at radius 3 is 2.79 bits per heavy atom. The summed E-state index contributed by atoms with van der Waals surface area (Å²) in [6.07, 6.45) is 4.63. The summed E-state index contributed by atoms with van der Waals surface area (Å²) in [5, 5.41) is 5.90. The van der Waals surface area contributed by atoms with Gasteiger partial charge in [0, 0.05) is 43.3 Å². The lowest BCUT2D eigenvalue weighted by molar-refractivity contribution is 0.0946. The van der Waals surface area contributed by atoms with Crippen molar-refractivity contribution < 1.29 is 9.59 Å². The van der Waals surface area contributed by atoms with Crippen LogP contribution in [0.25, 0.3) is 5.65 Å². The Kier molecular flexibility index (Phi) is 5.86. The molecule has 172 valence electrons. The van der Waals surface area contributed by atoms with Crippen molar-refractivity contribution in [3.8, 4) is 0 Å². The van der Waals surface area contributed by atoms with Gasteiger partial charge in [-0.05, 0) is 79.0 Å². The first-order valence-corrected chi connectivity index (χ1v) is 11.4. The average molecular weight is 454 g/mol. The first-order valence-electron chi connectivity index (χ1n) is 11.4. The molecule has 5 rings (SSSR count). The molecule has 3 heterocycles. The van der Waals surface area contributed by atoms with Crippen LogP contribution in [0.15, 0.2) is 67.0 Å². The van der Waals surface area contributed by atoms with Crippen LogP contribution in [0, 0.1) is 6.92 Å². The number of nitrogens with one attached hydrogen (secondary N) is 2. The molecule has 34 heavy (non-hydrogen) atoms. The van der Waals surface area contributed by atoms with Crippen molar-refractivity contribution in [3.63, 3.8) is 0 Å². The standard InChI is InChI=1S/C27H27N5O2/c1-18-8-11-32-17-24(30-25(32)12-18)27(34)28-15-19-4-3-5-21(13-19)26(33)29-23-7-6-20-9-10-31(2)16-22(20)14-23/h3-8,11-14,17H,9-10,15-16H2,1-2H3,(H,28,34)(H,29,33). The number of imidazole rings is 1. The maximum absolute atomic E-state index is 12.9. The van der Waals surface area contributed by atoms with Gasteiger partial charge in [-0.15, -0.1) is 0 Å². The fourth-order valence-electron chi connectivity index (χ4n) is 4.27. The van der Waals surface area contributed by atoms with E-state index in [1.165, 1.54) is 11.1 Å². The van der Waals surface area contributed by atoms with Crippen LogP contribution in [0.1, 0.15) is 43.1 Å². The van der Waals surface area contributed by atoms with Gasteiger partial charge in [0.2, 0.25) is 0 Å². The third-order valence-electron chi connectivity index (χ3n) is 6.16. The van der Waals surface area contributed by atoms with Crippen LogP contribution >= 0.6 is 0 Å². The van der Waals surface area contributed by atoms with Gasteiger partial charge in [0.1, 0.15) is 11.3 Å². The van der Waals surface area contributed by atoms with Crippen LogP contribution in [-0.2, 0) is 19.5 Å². The molecule has 4 aromatic rings. The van der Waals surface area contributed by atoms with Crippen LogP contribution in [0.2, 0.25) is 0 Å². The number of fused-ring (bicyclic) bond motifs is 2. The minimum Gasteiger partial charge on any atom is -0.347 e. The van der Waals surface area contributed by atoms with E-state index in [1.54, 1.807) is 18.3 Å². The van der Waals surface area contributed by atoms with Crippen LogP contribution < -0.4 is 10.6 Å². The summed E-state index contributed by atoms with van der Waals surface area (Å²) < 4.78 is 1.83. The maximum atomic E-state index is 12.9. The molecular weight excluding hydrogens is 426 g/mol. The monoisotopic (exact) mass is 453 g/mol. The lowest BCUT2D eigenvalue weighted by atomic mass is 9.99. The predicted octanol–water partition coefficient (Wildman–Crippen LogP) is 3.81. The lowest BCUT2D eigenvalue weighted by Crippen LogP contribution is -2.26. The molecule has 0 spiro atoms. The summed E-state index contributed by atoms with van der Waals surface area (Å²) in [4.78, 5) is 32.1. The zero-order valence-corrected chi connectivity index (χ0v) is 19.3. The highest BCUT2D eigenvalue weighted by Crippen LogP contribution is 2.22. The van der Waals surface area contributed by atoms with Crippen molar-refractivity contribution in [3.05, 3.63) is 101 Å². The Morgan fingerprint density at radius 2 is 1.91 bits per heavy atom. The molecule has 2 N–H and O–H groups in total. The second-order valence-corrected chi connectivity index (χ2v) is 8.90. The van der Waals surface area contributed by atoms with E-state index in [9.17, 15) is 9.59 Å². The summed E-state index contributed by atoms with van der Waals surface area (Å²) in [7, 11) is 2.11. The number of rotatable bonds is 5. The summed E-state index contributed by atoms with van der Waals surface area (Å²) >= 11 is 0. The number of amides is 2. The molecule has 7 nitrogen and oxygen atoms in total. The third kappa shape index (κ3) is 4.70. The lowest BCUT2D eigenvalue weighted by Gasteiger charge is -2.25. The molecule has 2 amide bonds. The highest BCUT2D eigenvalue weighted by atomic mass is 16.2. The summed E-state index contributed by atoms with van der Waals surface area (Å²) in [5.41, 5.74) is 6.95. The van der Waals surface area contributed by atoms with Gasteiger partial charge >= 0.3 is 0 Å². The number of hydrogen-bond donors (Lipinski definition) is 2. The second-order valence-electron chi connectivity index (χ2n) is 8.90. The number of anilines is 1. The number of aromatic nitrogens is 2. The molecule has 0 unspecified atom stereocenters. The Bertz CT molecular complexity index is 1390. The van der Waals surface area contributed by atoms with E-state index in [0.29, 0.717) is 17.8 Å². The topological polar surface area (TPSA) is 78.7 Å². The van der Waals surface area contributed by atoms with Crippen LogP contribution in [0.5, 0.6) is 0 Å². The van der Waals surface area contributed by atoms with Crippen molar-refractivity contribution in [1.82, 2.24) is 19.6 Å². The number of carbonyl (C=O) groups excluding carboxylic acids is 2. The number of benzene rings is 2. The van der Waals surface area contributed by atoms with E-state index in [4.69, 9.17) is 0 Å². The van der Waals surface area contributed by atoms with Gasteiger partial charge in [-0.2, -0.15) is 0 Å². The first kappa shape index (κ1) is 21.9.